The monoisotopic (exact) mass is 368 g/mol. The van der Waals surface area contributed by atoms with Gasteiger partial charge in [0.2, 0.25) is 5.91 Å². The number of carbonyl (C=O) groups is 1. The number of nitrogens with one attached hydrogen (secondary N) is 1. The van der Waals surface area contributed by atoms with E-state index in [1.165, 1.54) is 11.8 Å². The number of anilines is 1. The van der Waals surface area contributed by atoms with Crippen LogP contribution in [0.15, 0.2) is 66.1 Å². The van der Waals surface area contributed by atoms with Crippen molar-refractivity contribution in [2.45, 2.75) is 23.9 Å². The van der Waals surface area contributed by atoms with Crippen molar-refractivity contribution in [1.29, 1.82) is 0 Å². The summed E-state index contributed by atoms with van der Waals surface area (Å²) >= 11 is 1.38. The van der Waals surface area contributed by atoms with Gasteiger partial charge in [-0.1, -0.05) is 48.2 Å². The summed E-state index contributed by atoms with van der Waals surface area (Å²) < 4.78 is 7.14. The topological polar surface area (TPSA) is 69.0 Å². The molecule has 0 unspecified atom stereocenters. The molecule has 0 spiro atoms. The number of hydrogen-bond acceptors (Lipinski definition) is 5. The molecule has 0 aliphatic carbocycles. The number of aromatic nitrogens is 3. The first-order chi connectivity index (χ1) is 12.7. The van der Waals surface area contributed by atoms with Gasteiger partial charge in [-0.05, 0) is 24.6 Å². The second-order valence-corrected chi connectivity index (χ2v) is 6.60. The summed E-state index contributed by atoms with van der Waals surface area (Å²) in [6.07, 6.45) is 1.67. The highest BCUT2D eigenvalue weighted by Crippen LogP contribution is 2.35. The maximum atomic E-state index is 13.0. The fourth-order valence-electron chi connectivity index (χ4n) is 2.47. The molecule has 0 saturated heterocycles. The maximum Gasteiger partial charge on any atom is 0.242 e. The van der Waals surface area contributed by atoms with Crippen LogP contribution in [0.2, 0.25) is 0 Å². The van der Waals surface area contributed by atoms with Crippen LogP contribution in [-0.2, 0) is 11.3 Å². The molecule has 1 atom stereocenters. The Kier molecular flexibility index (Phi) is 5.91. The number of hydrogen-bond donors (Lipinski definition) is 1. The largest absolute Gasteiger partial charge is 0.497 e. The molecule has 0 fully saturated rings. The van der Waals surface area contributed by atoms with E-state index in [4.69, 9.17) is 4.74 Å². The third-order valence-corrected chi connectivity index (χ3v) is 5.07. The van der Waals surface area contributed by atoms with E-state index in [0.29, 0.717) is 16.6 Å². The minimum Gasteiger partial charge on any atom is -0.497 e. The van der Waals surface area contributed by atoms with E-state index in [0.717, 1.165) is 12.1 Å². The van der Waals surface area contributed by atoms with E-state index in [9.17, 15) is 4.79 Å². The van der Waals surface area contributed by atoms with Crippen LogP contribution in [0.25, 0.3) is 0 Å². The zero-order chi connectivity index (χ0) is 18.4. The number of methoxy groups -OCH3 is 1. The van der Waals surface area contributed by atoms with Crippen LogP contribution in [0.3, 0.4) is 0 Å². The van der Waals surface area contributed by atoms with Crippen LogP contribution in [0.1, 0.15) is 17.7 Å². The van der Waals surface area contributed by atoms with Gasteiger partial charge in [-0.25, -0.2) is 0 Å². The Morgan fingerprint density at radius 3 is 2.77 bits per heavy atom. The lowest BCUT2D eigenvalue weighted by Gasteiger charge is -2.17. The van der Waals surface area contributed by atoms with Gasteiger partial charge in [0.25, 0.3) is 0 Å². The summed E-state index contributed by atoms with van der Waals surface area (Å²) in [5.41, 5.74) is 1.59. The van der Waals surface area contributed by atoms with Crippen molar-refractivity contribution >= 4 is 23.4 Å². The van der Waals surface area contributed by atoms with Crippen molar-refractivity contribution in [3.63, 3.8) is 0 Å². The highest BCUT2D eigenvalue weighted by Gasteiger charge is 2.24. The summed E-state index contributed by atoms with van der Waals surface area (Å²) in [7, 11) is 1.60. The molecule has 0 aliphatic heterocycles. The number of ether oxygens (including phenoxy) is 1. The molecule has 1 amide bonds. The summed E-state index contributed by atoms with van der Waals surface area (Å²) in [5, 5.41) is 11.3. The van der Waals surface area contributed by atoms with Gasteiger partial charge in [-0.2, -0.15) is 0 Å². The number of nitrogens with zero attached hydrogens (tertiary/aromatic N) is 3. The van der Waals surface area contributed by atoms with E-state index in [1.807, 2.05) is 60.0 Å². The first-order valence-electron chi connectivity index (χ1n) is 8.25. The van der Waals surface area contributed by atoms with Gasteiger partial charge >= 0.3 is 0 Å². The molecular formula is C19H20N4O2S. The predicted octanol–water partition coefficient (Wildman–Crippen LogP) is 3.78. The van der Waals surface area contributed by atoms with Gasteiger partial charge in [0, 0.05) is 18.3 Å². The van der Waals surface area contributed by atoms with Crippen LogP contribution < -0.4 is 10.1 Å². The van der Waals surface area contributed by atoms with E-state index in [-0.39, 0.29) is 5.91 Å². The van der Waals surface area contributed by atoms with E-state index in [2.05, 4.69) is 15.5 Å². The molecule has 0 saturated carbocycles. The Morgan fingerprint density at radius 2 is 2.04 bits per heavy atom. The molecule has 2 aromatic carbocycles. The van der Waals surface area contributed by atoms with E-state index < -0.39 is 5.25 Å². The summed E-state index contributed by atoms with van der Waals surface area (Å²) in [6.45, 7) is 2.76. The summed E-state index contributed by atoms with van der Waals surface area (Å²) in [5.74, 6) is 0.567. The van der Waals surface area contributed by atoms with Gasteiger partial charge in [0.15, 0.2) is 5.16 Å². The van der Waals surface area contributed by atoms with Crippen molar-refractivity contribution in [3.05, 3.63) is 66.5 Å². The highest BCUT2D eigenvalue weighted by molar-refractivity contribution is 8.00. The number of carbonyl (C=O) groups excluding carboxylic acids is 1. The predicted molar refractivity (Wildman–Crippen MR) is 102 cm³/mol. The van der Waals surface area contributed by atoms with Gasteiger partial charge in [0.1, 0.15) is 17.3 Å². The maximum absolute atomic E-state index is 13.0. The Labute approximate surface area is 156 Å². The average Bonchev–Trinajstić information content (AvgIpc) is 3.14. The smallest absolute Gasteiger partial charge is 0.242 e. The van der Waals surface area contributed by atoms with Gasteiger partial charge in [-0.3, -0.25) is 4.79 Å². The van der Waals surface area contributed by atoms with Crippen molar-refractivity contribution in [3.8, 4) is 5.75 Å². The molecule has 0 bridgehead atoms. The first kappa shape index (κ1) is 18.0. The van der Waals surface area contributed by atoms with E-state index in [1.54, 1.807) is 19.5 Å². The highest BCUT2D eigenvalue weighted by atomic mass is 32.2. The first-order valence-corrected chi connectivity index (χ1v) is 9.13. The van der Waals surface area contributed by atoms with Gasteiger partial charge in [0.05, 0.1) is 7.11 Å². The third-order valence-electron chi connectivity index (χ3n) is 3.82. The third kappa shape index (κ3) is 4.23. The zero-order valence-corrected chi connectivity index (χ0v) is 15.4. The lowest BCUT2D eigenvalue weighted by molar-refractivity contribution is -0.115. The Bertz CT molecular complexity index is 867. The van der Waals surface area contributed by atoms with E-state index >= 15 is 0 Å². The molecule has 3 rings (SSSR count). The molecule has 6 nitrogen and oxygen atoms in total. The molecule has 3 aromatic rings. The fourth-order valence-corrected chi connectivity index (χ4v) is 3.54. The molecular weight excluding hydrogens is 348 g/mol. The number of rotatable bonds is 7. The van der Waals surface area contributed by atoms with Crippen LogP contribution in [0.4, 0.5) is 5.69 Å². The lowest BCUT2D eigenvalue weighted by Crippen LogP contribution is -2.19. The minimum absolute atomic E-state index is 0.125. The zero-order valence-electron chi connectivity index (χ0n) is 14.6. The Hall–Kier alpha value is -2.80. The van der Waals surface area contributed by atoms with Crippen molar-refractivity contribution in [1.82, 2.24) is 14.8 Å². The number of thioether (sulfide) groups is 1. The van der Waals surface area contributed by atoms with Crippen LogP contribution in [0.5, 0.6) is 5.75 Å². The van der Waals surface area contributed by atoms with Gasteiger partial charge < -0.3 is 14.6 Å². The number of aryl methyl sites for hydroxylation is 1. The van der Waals surface area contributed by atoms with Crippen LogP contribution in [0, 0.1) is 0 Å². The molecule has 7 heteroatoms. The normalized spacial score (nSPS) is 11.8. The van der Waals surface area contributed by atoms with Crippen molar-refractivity contribution in [2.24, 2.45) is 0 Å². The number of amides is 1. The Balaban J connectivity index is 1.86. The SMILES string of the molecule is CCn1cnnc1S[C@@H](C(=O)Nc1cccc(OC)c1)c1ccccc1. The van der Waals surface area contributed by atoms with Crippen LogP contribution in [-0.4, -0.2) is 27.8 Å². The minimum atomic E-state index is -0.447. The molecule has 26 heavy (non-hydrogen) atoms. The molecule has 0 aliphatic rings. The lowest BCUT2D eigenvalue weighted by atomic mass is 10.1. The molecule has 1 N–H and O–H groups in total. The van der Waals surface area contributed by atoms with Crippen molar-refractivity contribution < 1.29 is 9.53 Å². The molecule has 134 valence electrons. The second-order valence-electron chi connectivity index (χ2n) is 5.53. The quantitative estimate of drug-likeness (QED) is 0.643. The molecule has 1 heterocycles. The number of benzene rings is 2. The van der Waals surface area contributed by atoms with Gasteiger partial charge in [-0.15, -0.1) is 10.2 Å². The standard InChI is InChI=1S/C19H20N4O2S/c1-3-23-13-20-22-19(23)26-17(14-8-5-4-6-9-14)18(24)21-15-10-7-11-16(12-15)25-2/h4-13,17H,3H2,1-2H3,(H,21,24)/t17-/m1/s1. The Morgan fingerprint density at radius 1 is 1.23 bits per heavy atom. The summed E-state index contributed by atoms with van der Waals surface area (Å²) in [4.78, 5) is 13.0. The van der Waals surface area contributed by atoms with Crippen molar-refractivity contribution in [2.75, 3.05) is 12.4 Å². The molecule has 0 radical (unpaired) electrons. The molecule has 1 aromatic heterocycles. The second kappa shape index (κ2) is 8.53. The summed E-state index contributed by atoms with van der Waals surface area (Å²) in [6, 6.07) is 17.0. The average molecular weight is 368 g/mol. The van der Waals surface area contributed by atoms with Crippen LogP contribution >= 0.6 is 11.8 Å². The fraction of sp³-hybridized carbons (Fsp3) is 0.211.